The van der Waals surface area contributed by atoms with Gasteiger partial charge in [0.25, 0.3) is 0 Å². The maximum atomic E-state index is 12.3. The van der Waals surface area contributed by atoms with Crippen molar-refractivity contribution in [2.45, 2.75) is 32.7 Å². The van der Waals surface area contributed by atoms with Gasteiger partial charge in [-0.2, -0.15) is 0 Å². The van der Waals surface area contributed by atoms with Crippen molar-refractivity contribution >= 4 is 28.3 Å². The Morgan fingerprint density at radius 3 is 2.72 bits per heavy atom. The van der Waals surface area contributed by atoms with Crippen LogP contribution in [0.1, 0.15) is 26.7 Å². The van der Waals surface area contributed by atoms with Crippen LogP contribution in [0.3, 0.4) is 0 Å². The van der Waals surface area contributed by atoms with Gasteiger partial charge in [-0.05, 0) is 49.7 Å². The molecular weight excluding hydrogens is 452 g/mol. The molecule has 8 nitrogen and oxygen atoms in total. The van der Waals surface area contributed by atoms with Crippen LogP contribution in [0.2, 0.25) is 0 Å². The fraction of sp³-hybridized carbons (Fsp3) is 0.286. The van der Waals surface area contributed by atoms with E-state index in [1.807, 2.05) is 68.4 Å². The lowest BCUT2D eigenvalue weighted by molar-refractivity contribution is -0.118. The number of hydrogen-bond donors (Lipinski definition) is 3. The van der Waals surface area contributed by atoms with E-state index in [1.165, 1.54) is 0 Å². The predicted molar refractivity (Wildman–Crippen MR) is 142 cm³/mol. The zero-order chi connectivity index (χ0) is 24.9. The summed E-state index contributed by atoms with van der Waals surface area (Å²) in [6.45, 7) is 5.69. The number of benzene rings is 2. The third-order valence-corrected chi connectivity index (χ3v) is 6.20. The number of amides is 1. The maximum absolute atomic E-state index is 12.3. The van der Waals surface area contributed by atoms with Gasteiger partial charge in [-0.15, -0.1) is 0 Å². The maximum Gasteiger partial charge on any atom is 0.228 e. The van der Waals surface area contributed by atoms with E-state index in [2.05, 4.69) is 25.9 Å². The van der Waals surface area contributed by atoms with Crippen molar-refractivity contribution < 1.29 is 9.53 Å². The Labute approximate surface area is 210 Å². The van der Waals surface area contributed by atoms with Crippen LogP contribution in [-0.4, -0.2) is 40.0 Å². The molecule has 1 aliphatic heterocycles. The molecule has 1 atom stereocenters. The standard InChI is InChI=1S/C28H30N6O2/c1-18(2)26(35)33-23-11-3-9-21-20(23)8-4-12-25(21)36-27-22(10-6-15-30-27)24-13-16-31-28(34-24)32-19-7-5-14-29-17-19/h3-4,6,8-13,15-16,18-19,29H,5,7,14,17H2,1-2H3,(H,33,35)(H,31,32,34). The molecular formula is C28H30N6O2. The monoisotopic (exact) mass is 482 g/mol. The number of anilines is 2. The van der Waals surface area contributed by atoms with Gasteiger partial charge in [-0.1, -0.05) is 38.1 Å². The summed E-state index contributed by atoms with van der Waals surface area (Å²) in [4.78, 5) is 26.0. The molecule has 0 radical (unpaired) electrons. The van der Waals surface area contributed by atoms with E-state index in [1.54, 1.807) is 12.4 Å². The van der Waals surface area contributed by atoms with Crippen LogP contribution < -0.4 is 20.7 Å². The highest BCUT2D eigenvalue weighted by molar-refractivity contribution is 6.04. The molecule has 3 heterocycles. The van der Waals surface area contributed by atoms with Crippen molar-refractivity contribution in [2.75, 3.05) is 23.7 Å². The number of aromatic nitrogens is 3. The minimum absolute atomic E-state index is 0.0296. The molecule has 184 valence electrons. The lowest BCUT2D eigenvalue weighted by Crippen LogP contribution is -2.38. The molecule has 2 aromatic heterocycles. The summed E-state index contributed by atoms with van der Waals surface area (Å²) in [5.41, 5.74) is 2.25. The van der Waals surface area contributed by atoms with Crippen molar-refractivity contribution in [1.29, 1.82) is 0 Å². The van der Waals surface area contributed by atoms with Crippen LogP contribution in [0.4, 0.5) is 11.6 Å². The topological polar surface area (TPSA) is 101 Å². The van der Waals surface area contributed by atoms with E-state index < -0.39 is 0 Å². The number of fused-ring (bicyclic) bond motifs is 1. The summed E-state index contributed by atoms with van der Waals surface area (Å²) in [6, 6.07) is 17.5. The van der Waals surface area contributed by atoms with Gasteiger partial charge in [0, 0.05) is 47.4 Å². The fourth-order valence-electron chi connectivity index (χ4n) is 4.26. The van der Waals surface area contributed by atoms with Gasteiger partial charge < -0.3 is 20.7 Å². The SMILES string of the molecule is CC(C)C(=O)Nc1cccc2c(Oc3ncccc3-c3ccnc(NC4CCCNC4)n3)cccc12. The molecule has 2 aromatic carbocycles. The van der Waals surface area contributed by atoms with Crippen LogP contribution >= 0.6 is 0 Å². The van der Waals surface area contributed by atoms with E-state index in [0.29, 0.717) is 23.6 Å². The van der Waals surface area contributed by atoms with Gasteiger partial charge in [0.2, 0.25) is 17.7 Å². The highest BCUT2D eigenvalue weighted by Crippen LogP contribution is 2.36. The lowest BCUT2D eigenvalue weighted by Gasteiger charge is -2.23. The molecule has 0 saturated carbocycles. The smallest absolute Gasteiger partial charge is 0.228 e. The molecule has 1 fully saturated rings. The highest BCUT2D eigenvalue weighted by atomic mass is 16.5. The first kappa shape index (κ1) is 23.7. The van der Waals surface area contributed by atoms with Crippen molar-refractivity contribution in [1.82, 2.24) is 20.3 Å². The summed E-state index contributed by atoms with van der Waals surface area (Å²) in [6.07, 6.45) is 5.67. The zero-order valence-corrected chi connectivity index (χ0v) is 20.5. The van der Waals surface area contributed by atoms with Crippen molar-refractivity contribution in [3.05, 3.63) is 67.0 Å². The Balaban J connectivity index is 1.45. The van der Waals surface area contributed by atoms with Crippen LogP contribution in [0.25, 0.3) is 22.0 Å². The number of piperidine rings is 1. The van der Waals surface area contributed by atoms with Crippen LogP contribution in [0.15, 0.2) is 67.0 Å². The minimum Gasteiger partial charge on any atom is -0.438 e. The first-order chi connectivity index (χ1) is 17.6. The number of pyridine rings is 1. The lowest BCUT2D eigenvalue weighted by atomic mass is 10.1. The van der Waals surface area contributed by atoms with E-state index in [9.17, 15) is 4.79 Å². The second kappa shape index (κ2) is 10.7. The molecule has 1 saturated heterocycles. The first-order valence-corrected chi connectivity index (χ1v) is 12.3. The summed E-state index contributed by atoms with van der Waals surface area (Å²) in [5.74, 6) is 1.54. The number of hydrogen-bond acceptors (Lipinski definition) is 7. The van der Waals surface area contributed by atoms with E-state index in [0.717, 1.165) is 53.6 Å². The summed E-state index contributed by atoms with van der Waals surface area (Å²) < 4.78 is 6.36. The van der Waals surface area contributed by atoms with Gasteiger partial charge >= 0.3 is 0 Å². The second-order valence-electron chi connectivity index (χ2n) is 9.21. The van der Waals surface area contributed by atoms with Crippen molar-refractivity contribution in [3.8, 4) is 22.9 Å². The third-order valence-electron chi connectivity index (χ3n) is 6.20. The molecule has 4 aromatic rings. The third kappa shape index (κ3) is 5.28. The molecule has 0 bridgehead atoms. The van der Waals surface area contributed by atoms with E-state index in [-0.39, 0.29) is 11.8 Å². The van der Waals surface area contributed by atoms with Crippen molar-refractivity contribution in [3.63, 3.8) is 0 Å². The molecule has 3 N–H and O–H groups in total. The molecule has 1 aliphatic rings. The van der Waals surface area contributed by atoms with Gasteiger partial charge in [-0.3, -0.25) is 4.79 Å². The minimum atomic E-state index is -0.114. The normalized spacial score (nSPS) is 15.6. The van der Waals surface area contributed by atoms with Gasteiger partial charge in [0.05, 0.1) is 11.3 Å². The van der Waals surface area contributed by atoms with Gasteiger partial charge in [0.15, 0.2) is 0 Å². The van der Waals surface area contributed by atoms with E-state index >= 15 is 0 Å². The number of nitrogens with one attached hydrogen (secondary N) is 3. The first-order valence-electron chi connectivity index (χ1n) is 12.3. The highest BCUT2D eigenvalue weighted by Gasteiger charge is 2.17. The zero-order valence-electron chi connectivity index (χ0n) is 20.5. The summed E-state index contributed by atoms with van der Waals surface area (Å²) >= 11 is 0. The largest absolute Gasteiger partial charge is 0.438 e. The van der Waals surface area contributed by atoms with Crippen LogP contribution in [0.5, 0.6) is 11.6 Å². The Morgan fingerprint density at radius 1 is 1.03 bits per heavy atom. The van der Waals surface area contributed by atoms with Crippen LogP contribution in [0, 0.1) is 5.92 Å². The fourth-order valence-corrected chi connectivity index (χ4v) is 4.26. The van der Waals surface area contributed by atoms with Gasteiger partial charge in [-0.25, -0.2) is 15.0 Å². The average molecular weight is 483 g/mol. The number of nitrogens with zero attached hydrogens (tertiary/aromatic N) is 3. The Bertz CT molecular complexity index is 1370. The number of rotatable bonds is 7. The molecule has 5 rings (SSSR count). The molecule has 8 heteroatoms. The Morgan fingerprint density at radius 2 is 1.89 bits per heavy atom. The van der Waals surface area contributed by atoms with Crippen molar-refractivity contribution in [2.24, 2.45) is 5.92 Å². The molecule has 1 amide bonds. The molecule has 1 unspecified atom stereocenters. The van der Waals surface area contributed by atoms with Crippen LogP contribution in [-0.2, 0) is 4.79 Å². The second-order valence-corrected chi connectivity index (χ2v) is 9.21. The average Bonchev–Trinajstić information content (AvgIpc) is 2.90. The molecule has 36 heavy (non-hydrogen) atoms. The van der Waals surface area contributed by atoms with Gasteiger partial charge in [0.1, 0.15) is 5.75 Å². The number of ether oxygens (including phenoxy) is 1. The molecule has 0 aliphatic carbocycles. The summed E-state index contributed by atoms with van der Waals surface area (Å²) in [7, 11) is 0. The number of carbonyl (C=O) groups is 1. The van der Waals surface area contributed by atoms with E-state index in [4.69, 9.17) is 9.72 Å². The Hall–Kier alpha value is -4.04. The molecule has 0 spiro atoms. The summed E-state index contributed by atoms with van der Waals surface area (Å²) in [5, 5.41) is 11.6. The Kier molecular flexibility index (Phi) is 7.04. The number of carbonyl (C=O) groups excluding carboxylic acids is 1. The predicted octanol–water partition coefficient (Wildman–Crippen LogP) is 5.24. The quantitative estimate of drug-likeness (QED) is 0.331.